The Kier molecular flexibility index (Phi) is 5.90. The predicted octanol–water partition coefficient (Wildman–Crippen LogP) is 2.92. The molecular weight excluding hydrogens is 347 g/mol. The molecule has 8 heteroatoms. The molecule has 2 fully saturated rings. The Morgan fingerprint density at radius 3 is 2.31 bits per heavy atom. The molecule has 2 amide bonds. The average Bonchev–Trinajstić information content (AvgIpc) is 3.16. The average molecular weight is 371 g/mol. The van der Waals surface area contributed by atoms with Crippen LogP contribution in [0.15, 0.2) is 24.3 Å². The van der Waals surface area contributed by atoms with E-state index < -0.39 is 11.7 Å². The van der Waals surface area contributed by atoms with Crippen molar-refractivity contribution in [2.45, 2.75) is 19.0 Å². The number of hydrogen-bond acceptors (Lipinski definition) is 3. The minimum Gasteiger partial charge on any atom is -0.492 e. The van der Waals surface area contributed by atoms with E-state index in [-0.39, 0.29) is 11.8 Å². The number of urea groups is 1. The molecule has 0 saturated carbocycles. The Labute approximate surface area is 151 Å². The summed E-state index contributed by atoms with van der Waals surface area (Å²) < 4.78 is 43.6. The molecule has 0 N–H and O–H groups in total. The first-order chi connectivity index (χ1) is 12.4. The van der Waals surface area contributed by atoms with E-state index >= 15 is 0 Å². The van der Waals surface area contributed by atoms with Gasteiger partial charge in [0.15, 0.2) is 0 Å². The number of alkyl halides is 3. The lowest BCUT2D eigenvalue weighted by molar-refractivity contribution is -0.137. The molecule has 2 aliphatic heterocycles. The monoisotopic (exact) mass is 371 g/mol. The lowest BCUT2D eigenvalue weighted by Gasteiger charge is -2.36. The topological polar surface area (TPSA) is 36.0 Å². The quantitative estimate of drug-likeness (QED) is 0.817. The highest BCUT2D eigenvalue weighted by Crippen LogP contribution is 2.31. The Hall–Kier alpha value is -1.96. The van der Waals surface area contributed by atoms with Crippen molar-refractivity contribution in [2.24, 2.45) is 0 Å². The number of amides is 2. The standard InChI is InChI=1S/C18H24F3N3O2/c19-18(20,21)15-4-3-5-16(14-15)26-13-12-22-8-10-24(11-9-22)17(25)23-6-1-2-7-23/h3-5,14H,1-2,6-13H2. The molecule has 0 spiro atoms. The number of ether oxygens (including phenoxy) is 1. The molecular formula is C18H24F3N3O2. The van der Waals surface area contributed by atoms with E-state index in [9.17, 15) is 18.0 Å². The van der Waals surface area contributed by atoms with Crippen molar-refractivity contribution in [1.29, 1.82) is 0 Å². The number of likely N-dealkylation sites (tertiary alicyclic amines) is 1. The molecule has 0 aromatic heterocycles. The number of benzene rings is 1. The van der Waals surface area contributed by atoms with E-state index in [1.54, 1.807) is 0 Å². The van der Waals surface area contributed by atoms with Crippen LogP contribution in [0.4, 0.5) is 18.0 Å². The highest BCUT2D eigenvalue weighted by atomic mass is 19.4. The lowest BCUT2D eigenvalue weighted by Crippen LogP contribution is -2.52. The van der Waals surface area contributed by atoms with Crippen molar-refractivity contribution < 1.29 is 22.7 Å². The fourth-order valence-corrected chi connectivity index (χ4v) is 3.33. The third kappa shape index (κ3) is 4.81. The van der Waals surface area contributed by atoms with Crippen LogP contribution in [0.5, 0.6) is 5.75 Å². The molecule has 0 bridgehead atoms. The van der Waals surface area contributed by atoms with Gasteiger partial charge in [0, 0.05) is 45.8 Å². The van der Waals surface area contributed by atoms with Gasteiger partial charge in [-0.1, -0.05) is 6.07 Å². The molecule has 2 saturated heterocycles. The maximum absolute atomic E-state index is 12.7. The minimum atomic E-state index is -4.36. The zero-order valence-electron chi connectivity index (χ0n) is 14.7. The first kappa shape index (κ1) is 18.8. The number of nitrogens with zero attached hydrogens (tertiary/aromatic N) is 3. The minimum absolute atomic E-state index is 0.127. The van der Waals surface area contributed by atoms with E-state index in [1.807, 2.05) is 9.80 Å². The number of hydrogen-bond donors (Lipinski definition) is 0. The van der Waals surface area contributed by atoms with Gasteiger partial charge in [0.2, 0.25) is 0 Å². The van der Waals surface area contributed by atoms with Crippen molar-refractivity contribution in [1.82, 2.24) is 14.7 Å². The highest BCUT2D eigenvalue weighted by molar-refractivity contribution is 5.74. The van der Waals surface area contributed by atoms with Crippen molar-refractivity contribution >= 4 is 6.03 Å². The zero-order chi connectivity index (χ0) is 18.6. The second-order valence-electron chi connectivity index (χ2n) is 6.68. The van der Waals surface area contributed by atoms with Crippen LogP contribution in [0.25, 0.3) is 0 Å². The normalized spacial score (nSPS) is 19.0. The molecule has 5 nitrogen and oxygen atoms in total. The van der Waals surface area contributed by atoms with E-state index in [0.29, 0.717) is 26.2 Å². The maximum atomic E-state index is 12.7. The van der Waals surface area contributed by atoms with Crippen molar-refractivity contribution in [3.63, 3.8) is 0 Å². The summed E-state index contributed by atoms with van der Waals surface area (Å²) in [6, 6.07) is 5.06. The van der Waals surface area contributed by atoms with Crippen LogP contribution in [0.3, 0.4) is 0 Å². The third-order valence-electron chi connectivity index (χ3n) is 4.86. The van der Waals surface area contributed by atoms with Crippen LogP contribution >= 0.6 is 0 Å². The first-order valence-electron chi connectivity index (χ1n) is 9.00. The van der Waals surface area contributed by atoms with Crippen LogP contribution in [0, 0.1) is 0 Å². The molecule has 1 aromatic carbocycles. The molecule has 0 atom stereocenters. The van der Waals surface area contributed by atoms with Gasteiger partial charge in [-0.15, -0.1) is 0 Å². The largest absolute Gasteiger partial charge is 0.492 e. The summed E-state index contributed by atoms with van der Waals surface area (Å²) in [5.41, 5.74) is -0.705. The lowest BCUT2D eigenvalue weighted by atomic mass is 10.2. The van der Waals surface area contributed by atoms with Gasteiger partial charge in [0.05, 0.1) is 5.56 Å². The van der Waals surface area contributed by atoms with Crippen LogP contribution in [-0.4, -0.2) is 73.2 Å². The van der Waals surface area contributed by atoms with Crippen LogP contribution in [0.1, 0.15) is 18.4 Å². The number of carbonyl (C=O) groups excluding carboxylic acids is 1. The Morgan fingerprint density at radius 2 is 1.65 bits per heavy atom. The van der Waals surface area contributed by atoms with E-state index in [4.69, 9.17) is 4.74 Å². The van der Waals surface area contributed by atoms with Crippen molar-refractivity contribution in [2.75, 3.05) is 52.4 Å². The van der Waals surface area contributed by atoms with E-state index in [2.05, 4.69) is 4.90 Å². The van der Waals surface area contributed by atoms with Crippen molar-refractivity contribution in [3.05, 3.63) is 29.8 Å². The summed E-state index contributed by atoms with van der Waals surface area (Å²) in [5.74, 6) is 0.225. The molecule has 0 radical (unpaired) electrons. The second kappa shape index (κ2) is 8.16. The Balaban J connectivity index is 1.39. The first-order valence-corrected chi connectivity index (χ1v) is 9.00. The van der Waals surface area contributed by atoms with Gasteiger partial charge in [0.1, 0.15) is 12.4 Å². The molecule has 0 aliphatic carbocycles. The molecule has 2 heterocycles. The summed E-state index contributed by atoms with van der Waals surface area (Å²) >= 11 is 0. The molecule has 0 unspecified atom stereocenters. The summed E-state index contributed by atoms with van der Waals surface area (Å²) in [5, 5.41) is 0. The number of rotatable bonds is 4. The predicted molar refractivity (Wildman–Crippen MR) is 91.2 cm³/mol. The third-order valence-corrected chi connectivity index (χ3v) is 4.86. The van der Waals surface area contributed by atoms with Gasteiger partial charge in [-0.05, 0) is 31.0 Å². The molecule has 2 aliphatic rings. The van der Waals surface area contributed by atoms with Gasteiger partial charge in [0.25, 0.3) is 0 Å². The van der Waals surface area contributed by atoms with Crippen LogP contribution in [-0.2, 0) is 6.18 Å². The summed E-state index contributed by atoms with van der Waals surface area (Å²) in [6.45, 7) is 5.52. The molecule has 26 heavy (non-hydrogen) atoms. The maximum Gasteiger partial charge on any atom is 0.416 e. The molecule has 3 rings (SSSR count). The smallest absolute Gasteiger partial charge is 0.416 e. The Morgan fingerprint density at radius 1 is 1.00 bits per heavy atom. The van der Waals surface area contributed by atoms with E-state index in [1.165, 1.54) is 12.1 Å². The SMILES string of the molecule is O=C(N1CCCC1)N1CCN(CCOc2cccc(C(F)(F)F)c2)CC1. The second-order valence-corrected chi connectivity index (χ2v) is 6.68. The highest BCUT2D eigenvalue weighted by Gasteiger charge is 2.30. The number of piperazine rings is 1. The van der Waals surface area contributed by atoms with Crippen LogP contribution < -0.4 is 4.74 Å². The van der Waals surface area contributed by atoms with Gasteiger partial charge in [-0.25, -0.2) is 4.79 Å². The van der Waals surface area contributed by atoms with Crippen molar-refractivity contribution in [3.8, 4) is 5.75 Å². The Bertz CT molecular complexity index is 610. The van der Waals surface area contributed by atoms with Gasteiger partial charge < -0.3 is 14.5 Å². The van der Waals surface area contributed by atoms with Crippen LogP contribution in [0.2, 0.25) is 0 Å². The fourth-order valence-electron chi connectivity index (χ4n) is 3.33. The number of carbonyl (C=O) groups is 1. The van der Waals surface area contributed by atoms with Gasteiger partial charge in [-0.3, -0.25) is 4.90 Å². The number of halogens is 3. The summed E-state index contributed by atoms with van der Waals surface area (Å²) in [6.07, 6.45) is -2.20. The zero-order valence-corrected chi connectivity index (χ0v) is 14.7. The van der Waals surface area contributed by atoms with Gasteiger partial charge in [-0.2, -0.15) is 13.2 Å². The van der Waals surface area contributed by atoms with E-state index in [0.717, 1.165) is 51.2 Å². The summed E-state index contributed by atoms with van der Waals surface area (Å²) in [7, 11) is 0. The molecule has 144 valence electrons. The fraction of sp³-hybridized carbons (Fsp3) is 0.611. The van der Waals surface area contributed by atoms with Gasteiger partial charge >= 0.3 is 12.2 Å². The molecule has 1 aromatic rings. The summed E-state index contributed by atoms with van der Waals surface area (Å²) in [4.78, 5) is 18.3.